The number of nitrogens with zero attached hydrogens (tertiary/aromatic N) is 2. The van der Waals surface area contributed by atoms with Crippen molar-refractivity contribution in [3.63, 3.8) is 0 Å². The summed E-state index contributed by atoms with van der Waals surface area (Å²) in [5.74, 6) is -0.332. The van der Waals surface area contributed by atoms with Gasteiger partial charge < -0.3 is 5.11 Å². The maximum absolute atomic E-state index is 11.6. The highest BCUT2D eigenvalue weighted by atomic mass is 35.5. The molecule has 6 heteroatoms. The zero-order chi connectivity index (χ0) is 13.8. The van der Waals surface area contributed by atoms with E-state index in [0.29, 0.717) is 10.7 Å². The molecule has 0 aliphatic carbocycles. The molecule has 0 aliphatic rings. The molecular formula is C13H8ClN2O3-. The molecule has 0 atom stereocenters. The van der Waals surface area contributed by atoms with Crippen LogP contribution in [0.2, 0.25) is 5.02 Å². The largest absolute Gasteiger partial charge is 0.872 e. The molecule has 0 aliphatic heterocycles. The van der Waals surface area contributed by atoms with Crippen molar-refractivity contribution in [3.8, 4) is 5.75 Å². The van der Waals surface area contributed by atoms with Crippen molar-refractivity contribution < 1.29 is 10.0 Å². The number of aliphatic imine (C=N–C) groups is 1. The number of benzene rings is 2. The van der Waals surface area contributed by atoms with E-state index in [1.807, 2.05) is 0 Å². The maximum Gasteiger partial charge on any atom is 0.270 e. The summed E-state index contributed by atoms with van der Waals surface area (Å²) in [6.45, 7) is 0. The highest BCUT2D eigenvalue weighted by Crippen LogP contribution is 2.25. The topological polar surface area (TPSA) is 78.6 Å². The van der Waals surface area contributed by atoms with Gasteiger partial charge >= 0.3 is 0 Å². The summed E-state index contributed by atoms with van der Waals surface area (Å²) < 4.78 is 0. The molecule has 0 spiro atoms. The molecular weight excluding hydrogens is 268 g/mol. The minimum absolute atomic E-state index is 0.147. The van der Waals surface area contributed by atoms with Gasteiger partial charge in [-0.25, -0.2) is 0 Å². The van der Waals surface area contributed by atoms with E-state index in [1.165, 1.54) is 12.3 Å². The lowest BCUT2D eigenvalue weighted by molar-refractivity contribution is -0.385. The van der Waals surface area contributed by atoms with Gasteiger partial charge in [0.1, 0.15) is 0 Å². The lowest BCUT2D eigenvalue weighted by atomic mass is 10.2. The first-order valence-corrected chi connectivity index (χ1v) is 5.70. The summed E-state index contributed by atoms with van der Waals surface area (Å²) in [7, 11) is 0. The molecule has 0 fully saturated rings. The van der Waals surface area contributed by atoms with Gasteiger partial charge in [0.05, 0.1) is 15.6 Å². The summed E-state index contributed by atoms with van der Waals surface area (Å²) >= 11 is 5.91. The fourth-order valence-corrected chi connectivity index (χ4v) is 1.63. The lowest BCUT2D eigenvalue weighted by Crippen LogP contribution is -1.98. The van der Waals surface area contributed by atoms with Crippen molar-refractivity contribution in [3.05, 3.63) is 63.2 Å². The number of hydrogen-bond acceptors (Lipinski definition) is 4. The Labute approximate surface area is 113 Å². The van der Waals surface area contributed by atoms with E-state index < -0.39 is 4.92 Å². The molecule has 0 saturated carbocycles. The Hall–Kier alpha value is -2.40. The average molecular weight is 276 g/mol. The lowest BCUT2D eigenvalue weighted by Gasteiger charge is -2.08. The summed E-state index contributed by atoms with van der Waals surface area (Å²) in [5.41, 5.74) is 0.490. The number of para-hydroxylation sites is 1. The van der Waals surface area contributed by atoms with E-state index in [4.69, 9.17) is 11.6 Å². The SMILES string of the molecule is O=[N+]([O-])c1ccc([O-])c(C=Nc2ccccc2Cl)c1. The molecule has 2 aromatic rings. The highest BCUT2D eigenvalue weighted by molar-refractivity contribution is 6.33. The van der Waals surface area contributed by atoms with Crippen LogP contribution in [0.25, 0.3) is 0 Å². The predicted octanol–water partition coefficient (Wildman–Crippen LogP) is 3.07. The smallest absolute Gasteiger partial charge is 0.270 e. The minimum atomic E-state index is -0.563. The Morgan fingerprint density at radius 2 is 1.95 bits per heavy atom. The summed E-state index contributed by atoms with van der Waals surface area (Å²) in [6.07, 6.45) is 1.27. The molecule has 0 heterocycles. The molecule has 0 N–H and O–H groups in total. The van der Waals surface area contributed by atoms with E-state index in [1.54, 1.807) is 24.3 Å². The Kier molecular flexibility index (Phi) is 3.77. The number of hydrogen-bond donors (Lipinski definition) is 0. The van der Waals surface area contributed by atoms with Crippen molar-refractivity contribution in [1.82, 2.24) is 0 Å². The van der Waals surface area contributed by atoms with Gasteiger partial charge in [-0.2, -0.15) is 0 Å². The number of halogens is 1. The Morgan fingerprint density at radius 3 is 2.63 bits per heavy atom. The van der Waals surface area contributed by atoms with Gasteiger partial charge in [0.15, 0.2) is 0 Å². The Balaban J connectivity index is 2.35. The van der Waals surface area contributed by atoms with E-state index in [2.05, 4.69) is 4.99 Å². The summed E-state index contributed by atoms with van der Waals surface area (Å²) in [5, 5.41) is 22.6. The van der Waals surface area contributed by atoms with Crippen LogP contribution in [0.5, 0.6) is 5.75 Å². The zero-order valence-electron chi connectivity index (χ0n) is 9.62. The van der Waals surface area contributed by atoms with Crippen LogP contribution in [-0.2, 0) is 0 Å². The van der Waals surface area contributed by atoms with Gasteiger partial charge in [0, 0.05) is 18.3 Å². The quantitative estimate of drug-likeness (QED) is 0.490. The van der Waals surface area contributed by atoms with Gasteiger partial charge in [-0.05, 0) is 17.7 Å². The predicted molar refractivity (Wildman–Crippen MR) is 71.2 cm³/mol. The van der Waals surface area contributed by atoms with Crippen molar-refractivity contribution in [2.75, 3.05) is 0 Å². The normalized spacial score (nSPS) is 10.8. The Bertz CT molecular complexity index is 656. The van der Waals surface area contributed by atoms with E-state index in [0.717, 1.165) is 12.1 Å². The van der Waals surface area contributed by atoms with Crippen LogP contribution in [0.4, 0.5) is 11.4 Å². The molecule has 96 valence electrons. The monoisotopic (exact) mass is 275 g/mol. The molecule has 0 unspecified atom stereocenters. The van der Waals surface area contributed by atoms with Crippen LogP contribution in [0.3, 0.4) is 0 Å². The van der Waals surface area contributed by atoms with Crippen LogP contribution in [0.15, 0.2) is 47.5 Å². The first-order valence-electron chi connectivity index (χ1n) is 5.32. The molecule has 0 bridgehead atoms. The molecule has 0 saturated heterocycles. The van der Waals surface area contributed by atoms with Crippen molar-refractivity contribution in [1.29, 1.82) is 0 Å². The fraction of sp³-hybridized carbons (Fsp3) is 0. The summed E-state index contributed by atoms with van der Waals surface area (Å²) in [6, 6.07) is 10.3. The van der Waals surface area contributed by atoms with Crippen LogP contribution in [0.1, 0.15) is 5.56 Å². The molecule has 2 aromatic carbocycles. The fourth-order valence-electron chi connectivity index (χ4n) is 1.45. The summed E-state index contributed by atoms with van der Waals surface area (Å²) in [4.78, 5) is 14.1. The minimum Gasteiger partial charge on any atom is -0.872 e. The molecule has 19 heavy (non-hydrogen) atoms. The Morgan fingerprint density at radius 1 is 1.21 bits per heavy atom. The number of nitro groups is 1. The van der Waals surface area contributed by atoms with Crippen LogP contribution < -0.4 is 5.11 Å². The van der Waals surface area contributed by atoms with Gasteiger partial charge in [-0.15, -0.1) is 0 Å². The van der Waals surface area contributed by atoms with E-state index in [-0.39, 0.29) is 17.0 Å². The van der Waals surface area contributed by atoms with Gasteiger partial charge in [0.2, 0.25) is 0 Å². The van der Waals surface area contributed by atoms with Crippen molar-refractivity contribution in [2.45, 2.75) is 0 Å². The van der Waals surface area contributed by atoms with E-state index in [9.17, 15) is 15.2 Å². The van der Waals surface area contributed by atoms with Gasteiger partial charge in [-0.1, -0.05) is 35.5 Å². The maximum atomic E-state index is 11.6. The van der Waals surface area contributed by atoms with Crippen LogP contribution in [-0.4, -0.2) is 11.1 Å². The highest BCUT2D eigenvalue weighted by Gasteiger charge is 2.05. The third kappa shape index (κ3) is 3.08. The molecule has 2 rings (SSSR count). The van der Waals surface area contributed by atoms with Crippen LogP contribution >= 0.6 is 11.6 Å². The zero-order valence-corrected chi connectivity index (χ0v) is 10.4. The number of nitro benzene ring substituents is 1. The third-order valence-corrected chi connectivity index (χ3v) is 2.72. The van der Waals surface area contributed by atoms with Crippen LogP contribution in [0, 0.1) is 10.1 Å². The molecule has 0 amide bonds. The molecule has 0 radical (unpaired) electrons. The first kappa shape index (κ1) is 13.0. The van der Waals surface area contributed by atoms with Gasteiger partial charge in [-0.3, -0.25) is 15.1 Å². The first-order chi connectivity index (χ1) is 9.08. The second-order valence-electron chi connectivity index (χ2n) is 3.69. The third-order valence-electron chi connectivity index (χ3n) is 2.40. The molecule has 0 aromatic heterocycles. The molecule has 5 nitrogen and oxygen atoms in total. The van der Waals surface area contributed by atoms with Crippen molar-refractivity contribution >= 4 is 29.2 Å². The van der Waals surface area contributed by atoms with Gasteiger partial charge in [0.25, 0.3) is 5.69 Å². The van der Waals surface area contributed by atoms with E-state index >= 15 is 0 Å². The van der Waals surface area contributed by atoms with Crippen molar-refractivity contribution in [2.24, 2.45) is 4.99 Å². The second kappa shape index (κ2) is 5.49. The average Bonchev–Trinajstić information content (AvgIpc) is 2.39. The number of non-ortho nitro benzene ring substituents is 1. The second-order valence-corrected chi connectivity index (χ2v) is 4.10. The standard InChI is InChI=1S/C13H9ClN2O3/c14-11-3-1-2-4-12(11)15-8-9-7-10(16(18)19)5-6-13(9)17/h1-8,17H/p-1. The number of rotatable bonds is 3.